The highest BCUT2D eigenvalue weighted by Gasteiger charge is 2.29. The molecule has 0 saturated heterocycles. The van der Waals surface area contributed by atoms with E-state index in [0.717, 1.165) is 22.4 Å². The fourth-order valence-corrected chi connectivity index (χ4v) is 9.97. The number of hydrogen-bond donors (Lipinski definition) is 0. The molecule has 1 aliphatic rings. The van der Waals surface area contributed by atoms with Gasteiger partial charge in [-0.05, 0) is 58.0 Å². The largest absolute Gasteiger partial charge is 0.309 e. The van der Waals surface area contributed by atoms with E-state index in [2.05, 4.69) is 150 Å². The molecule has 12 rings (SSSR count). The average Bonchev–Trinajstić information content (AvgIpc) is 3.80. The summed E-state index contributed by atoms with van der Waals surface area (Å²) in [5.74, 6) is 1.93. The van der Waals surface area contributed by atoms with Crippen LogP contribution in [-0.4, -0.2) is 19.5 Å². The van der Waals surface area contributed by atoms with Gasteiger partial charge in [0.1, 0.15) is 0 Å². The van der Waals surface area contributed by atoms with Crippen LogP contribution in [0.4, 0.5) is 0 Å². The van der Waals surface area contributed by atoms with Crippen molar-refractivity contribution < 1.29 is 0 Å². The minimum atomic E-state index is 0.635. The minimum absolute atomic E-state index is 0.635. The van der Waals surface area contributed by atoms with Crippen LogP contribution in [0, 0.1) is 0 Å². The molecule has 260 valence electrons. The Kier molecular flexibility index (Phi) is 6.76. The lowest BCUT2D eigenvalue weighted by atomic mass is 9.92. The van der Waals surface area contributed by atoms with Crippen LogP contribution in [0.1, 0.15) is 0 Å². The number of nitrogens with zero attached hydrogens (tertiary/aromatic N) is 4. The molecule has 1 aliphatic carbocycles. The Morgan fingerprint density at radius 2 is 1.00 bits per heavy atom. The third kappa shape index (κ3) is 4.62. The standard InChI is InChI=1S/C51H30N4S/c1-4-15-31(16-5-1)48-44-39-26-13-12-25-38(39)40-30-34-21-10-11-24-37(34)47-43(40)45-41(27-28-42(56-48)46(44)45)55(47)36-23-14-22-35(29-36)51-53-49(32-17-6-2-7-18-32)52-50(54-51)33-19-8-3-9-20-33/h1-30H. The molecule has 0 atom stereocenters. The van der Waals surface area contributed by atoms with Crippen LogP contribution in [0.2, 0.25) is 0 Å². The van der Waals surface area contributed by atoms with Gasteiger partial charge >= 0.3 is 0 Å². The molecule has 0 saturated carbocycles. The topological polar surface area (TPSA) is 43.6 Å². The normalized spacial score (nSPS) is 11.9. The van der Waals surface area contributed by atoms with Gasteiger partial charge in [-0.25, -0.2) is 15.0 Å². The Morgan fingerprint density at radius 1 is 0.411 bits per heavy atom. The van der Waals surface area contributed by atoms with Crippen LogP contribution in [0.25, 0.3) is 115 Å². The Hall–Kier alpha value is -7.21. The zero-order valence-electron chi connectivity index (χ0n) is 30.0. The molecule has 56 heavy (non-hydrogen) atoms. The number of thiophene rings is 1. The first-order valence-corrected chi connectivity index (χ1v) is 19.7. The number of aromatic nitrogens is 4. The number of benzene rings is 8. The van der Waals surface area contributed by atoms with Gasteiger partial charge in [-0.2, -0.15) is 0 Å². The van der Waals surface area contributed by atoms with Crippen molar-refractivity contribution >= 4 is 54.0 Å². The van der Waals surface area contributed by atoms with E-state index in [-0.39, 0.29) is 0 Å². The van der Waals surface area contributed by atoms with Gasteiger partial charge < -0.3 is 4.57 Å². The first kappa shape index (κ1) is 31.2. The molecule has 0 bridgehead atoms. The van der Waals surface area contributed by atoms with Crippen molar-refractivity contribution in [1.82, 2.24) is 19.5 Å². The molecule has 0 aliphatic heterocycles. The van der Waals surface area contributed by atoms with E-state index < -0.39 is 0 Å². The van der Waals surface area contributed by atoms with Crippen molar-refractivity contribution in [3.63, 3.8) is 0 Å². The van der Waals surface area contributed by atoms with Crippen molar-refractivity contribution in [3.05, 3.63) is 182 Å². The zero-order chi connectivity index (χ0) is 36.7. The molecule has 0 radical (unpaired) electrons. The zero-order valence-corrected chi connectivity index (χ0v) is 30.8. The van der Waals surface area contributed by atoms with E-state index in [9.17, 15) is 0 Å². The van der Waals surface area contributed by atoms with Crippen molar-refractivity contribution in [2.24, 2.45) is 0 Å². The molecule has 4 nitrogen and oxygen atoms in total. The number of fused-ring (bicyclic) bond motifs is 5. The fourth-order valence-electron chi connectivity index (χ4n) is 8.74. The van der Waals surface area contributed by atoms with E-state index >= 15 is 0 Å². The maximum Gasteiger partial charge on any atom is 0.164 e. The minimum Gasteiger partial charge on any atom is -0.309 e. The lowest BCUT2D eigenvalue weighted by molar-refractivity contribution is 1.07. The quantitative estimate of drug-likeness (QED) is 0.177. The van der Waals surface area contributed by atoms with E-state index in [1.165, 1.54) is 75.4 Å². The van der Waals surface area contributed by atoms with Crippen LogP contribution in [0.3, 0.4) is 0 Å². The van der Waals surface area contributed by atoms with E-state index in [1.807, 2.05) is 47.7 Å². The molecule has 0 unspecified atom stereocenters. The van der Waals surface area contributed by atoms with Gasteiger partial charge in [-0.15, -0.1) is 11.3 Å². The second-order valence-electron chi connectivity index (χ2n) is 14.3. The number of hydrogen-bond acceptors (Lipinski definition) is 4. The fraction of sp³-hybridized carbons (Fsp3) is 0. The summed E-state index contributed by atoms with van der Waals surface area (Å²) in [4.78, 5) is 16.5. The van der Waals surface area contributed by atoms with Crippen LogP contribution in [-0.2, 0) is 0 Å². The molecule has 0 amide bonds. The third-order valence-corrected chi connectivity index (χ3v) is 12.4. The molecule has 5 heteroatoms. The molecule has 0 spiro atoms. The number of rotatable bonds is 5. The first-order valence-electron chi connectivity index (χ1n) is 18.9. The van der Waals surface area contributed by atoms with Crippen LogP contribution >= 0.6 is 11.3 Å². The Labute approximate surface area is 326 Å². The third-order valence-electron chi connectivity index (χ3n) is 11.2. The van der Waals surface area contributed by atoms with Gasteiger partial charge in [0.15, 0.2) is 17.5 Å². The average molecular weight is 731 g/mol. The summed E-state index contributed by atoms with van der Waals surface area (Å²) in [6.45, 7) is 0. The second kappa shape index (κ2) is 12.2. The summed E-state index contributed by atoms with van der Waals surface area (Å²) < 4.78 is 3.77. The van der Waals surface area contributed by atoms with Gasteiger partial charge in [0, 0.05) is 59.1 Å². The summed E-state index contributed by atoms with van der Waals surface area (Å²) in [5, 5.41) is 6.34. The predicted octanol–water partition coefficient (Wildman–Crippen LogP) is 13.7. The van der Waals surface area contributed by atoms with Crippen molar-refractivity contribution in [3.8, 4) is 72.5 Å². The van der Waals surface area contributed by atoms with Gasteiger partial charge in [-0.1, -0.05) is 152 Å². The van der Waals surface area contributed by atoms with E-state index in [0.29, 0.717) is 17.5 Å². The summed E-state index contributed by atoms with van der Waals surface area (Å²) in [6.07, 6.45) is 0. The highest BCUT2D eigenvalue weighted by Crippen LogP contribution is 2.56. The molecular weight excluding hydrogens is 701 g/mol. The predicted molar refractivity (Wildman–Crippen MR) is 233 cm³/mol. The highest BCUT2D eigenvalue weighted by molar-refractivity contribution is 7.23. The molecule has 3 heterocycles. The van der Waals surface area contributed by atoms with Crippen LogP contribution in [0.15, 0.2) is 182 Å². The van der Waals surface area contributed by atoms with Crippen molar-refractivity contribution in [1.29, 1.82) is 0 Å². The summed E-state index contributed by atoms with van der Waals surface area (Å²) in [7, 11) is 0. The van der Waals surface area contributed by atoms with Gasteiger partial charge in [0.2, 0.25) is 0 Å². The molecule has 11 aromatic rings. The Morgan fingerprint density at radius 3 is 1.71 bits per heavy atom. The molecule has 0 N–H and O–H groups in total. The first-order chi connectivity index (χ1) is 27.8. The monoisotopic (exact) mass is 730 g/mol. The van der Waals surface area contributed by atoms with E-state index in [1.54, 1.807) is 0 Å². The van der Waals surface area contributed by atoms with Crippen LogP contribution in [0.5, 0.6) is 0 Å². The maximum atomic E-state index is 5.10. The summed E-state index contributed by atoms with van der Waals surface area (Å²) in [6, 6.07) is 64.8. The van der Waals surface area contributed by atoms with Gasteiger partial charge in [-0.3, -0.25) is 0 Å². The summed E-state index contributed by atoms with van der Waals surface area (Å²) in [5.41, 5.74) is 12.6. The second-order valence-corrected chi connectivity index (χ2v) is 15.4. The Balaban J connectivity index is 1.18. The highest BCUT2D eigenvalue weighted by atomic mass is 32.1. The van der Waals surface area contributed by atoms with Gasteiger partial charge in [0.05, 0.1) is 11.0 Å². The maximum absolute atomic E-state index is 5.10. The molecule has 8 aromatic carbocycles. The Bertz CT molecular complexity index is 3290. The van der Waals surface area contributed by atoms with Crippen LogP contribution < -0.4 is 0 Å². The molecule has 0 fully saturated rings. The lowest BCUT2D eigenvalue weighted by Gasteiger charge is -2.15. The molecule has 3 aromatic heterocycles. The SMILES string of the molecule is c1ccc(-c2nc(-c3ccccc3)nc(-c3cccc(-n4c5ccc6sc(-c7ccccc7)c7c6c5c5c(cc6ccccc6c54)-c4ccccc4-7)c3)n2)cc1. The summed E-state index contributed by atoms with van der Waals surface area (Å²) >= 11 is 1.89. The smallest absolute Gasteiger partial charge is 0.164 e. The lowest BCUT2D eigenvalue weighted by Crippen LogP contribution is -2.01. The van der Waals surface area contributed by atoms with Crippen molar-refractivity contribution in [2.75, 3.05) is 0 Å². The van der Waals surface area contributed by atoms with Gasteiger partial charge in [0.25, 0.3) is 0 Å². The molecular formula is C51H30N4S. The van der Waals surface area contributed by atoms with Crippen molar-refractivity contribution in [2.45, 2.75) is 0 Å². The van der Waals surface area contributed by atoms with E-state index in [4.69, 9.17) is 15.0 Å².